The van der Waals surface area contributed by atoms with E-state index in [0.29, 0.717) is 24.3 Å². The summed E-state index contributed by atoms with van der Waals surface area (Å²) < 4.78 is 23.7. The van der Waals surface area contributed by atoms with Crippen molar-refractivity contribution in [3.63, 3.8) is 0 Å². The minimum absolute atomic E-state index is 0.0460. The molecule has 0 atom stereocenters. The Morgan fingerprint density at radius 1 is 1.37 bits per heavy atom. The Balaban J connectivity index is 2.41. The molecule has 0 unspecified atom stereocenters. The van der Waals surface area contributed by atoms with Gasteiger partial charge in [0.1, 0.15) is 11.6 Å². The van der Waals surface area contributed by atoms with Gasteiger partial charge in [-0.15, -0.1) is 0 Å². The number of carbonyl (C=O) groups is 2. The van der Waals surface area contributed by atoms with Gasteiger partial charge in [-0.2, -0.15) is 0 Å². The number of rotatable bonds is 3. The van der Waals surface area contributed by atoms with Crippen molar-refractivity contribution in [3.8, 4) is 5.75 Å². The van der Waals surface area contributed by atoms with Crippen LogP contribution in [0.2, 0.25) is 0 Å². The standard InChI is InChI=1S/C14H15FO4/c1-2-18-14(17)12(16)11-8-10(15)7-9-5-3-4-6-19-13(9)11/h7-8H,2-6H2,1H3. The Hall–Kier alpha value is -1.91. The number of ketones is 1. The Labute approximate surface area is 110 Å². The van der Waals surface area contributed by atoms with E-state index < -0.39 is 17.6 Å². The lowest BCUT2D eigenvalue weighted by Crippen LogP contribution is -2.19. The van der Waals surface area contributed by atoms with E-state index in [2.05, 4.69) is 4.74 Å². The van der Waals surface area contributed by atoms with Gasteiger partial charge in [0.05, 0.1) is 18.8 Å². The second-order valence-electron chi connectivity index (χ2n) is 4.30. The molecule has 2 rings (SSSR count). The summed E-state index contributed by atoms with van der Waals surface area (Å²) >= 11 is 0. The van der Waals surface area contributed by atoms with Gasteiger partial charge in [-0.25, -0.2) is 9.18 Å². The lowest BCUT2D eigenvalue weighted by molar-refractivity contribution is -0.137. The van der Waals surface area contributed by atoms with E-state index in [0.717, 1.165) is 18.9 Å². The quantitative estimate of drug-likeness (QED) is 0.478. The summed E-state index contributed by atoms with van der Waals surface area (Å²) in [6.45, 7) is 2.17. The molecule has 0 bridgehead atoms. The van der Waals surface area contributed by atoms with Crippen molar-refractivity contribution >= 4 is 11.8 Å². The molecule has 0 aliphatic carbocycles. The monoisotopic (exact) mass is 266 g/mol. The van der Waals surface area contributed by atoms with Gasteiger partial charge < -0.3 is 9.47 Å². The summed E-state index contributed by atoms with van der Waals surface area (Å²) in [5, 5.41) is 0. The first-order valence-corrected chi connectivity index (χ1v) is 6.30. The summed E-state index contributed by atoms with van der Waals surface area (Å²) in [5.41, 5.74) is 0.584. The average molecular weight is 266 g/mol. The third kappa shape index (κ3) is 2.92. The Bertz CT molecular complexity index is 510. The molecule has 1 aliphatic rings. The lowest BCUT2D eigenvalue weighted by Gasteiger charge is -2.12. The fraction of sp³-hybridized carbons (Fsp3) is 0.429. The number of benzene rings is 1. The molecule has 0 radical (unpaired) electrons. The SMILES string of the molecule is CCOC(=O)C(=O)c1cc(F)cc2c1OCCCC2. The number of hydrogen-bond acceptors (Lipinski definition) is 4. The van der Waals surface area contributed by atoms with Crippen molar-refractivity contribution in [1.82, 2.24) is 0 Å². The van der Waals surface area contributed by atoms with E-state index in [4.69, 9.17) is 4.74 Å². The van der Waals surface area contributed by atoms with Gasteiger partial charge >= 0.3 is 5.97 Å². The molecule has 1 heterocycles. The first-order chi connectivity index (χ1) is 9.13. The van der Waals surface area contributed by atoms with Gasteiger partial charge in [-0.05, 0) is 43.9 Å². The van der Waals surface area contributed by atoms with Crippen molar-refractivity contribution in [1.29, 1.82) is 0 Å². The average Bonchev–Trinajstić information content (AvgIpc) is 2.62. The maximum Gasteiger partial charge on any atom is 0.379 e. The van der Waals surface area contributed by atoms with Crippen LogP contribution in [0.4, 0.5) is 4.39 Å². The van der Waals surface area contributed by atoms with E-state index >= 15 is 0 Å². The molecular formula is C14H15FO4. The van der Waals surface area contributed by atoms with Gasteiger partial charge in [0.15, 0.2) is 0 Å². The smallest absolute Gasteiger partial charge is 0.379 e. The summed E-state index contributed by atoms with van der Waals surface area (Å²) in [5.74, 6) is -2.07. The molecule has 0 saturated carbocycles. The minimum Gasteiger partial charge on any atom is -0.493 e. The van der Waals surface area contributed by atoms with Crippen LogP contribution in [0.15, 0.2) is 12.1 Å². The maximum absolute atomic E-state index is 13.5. The van der Waals surface area contributed by atoms with Gasteiger partial charge in [0, 0.05) is 0 Å². The van der Waals surface area contributed by atoms with Gasteiger partial charge in [0.2, 0.25) is 0 Å². The molecule has 0 fully saturated rings. The third-order valence-corrected chi connectivity index (χ3v) is 2.92. The van der Waals surface area contributed by atoms with E-state index in [-0.39, 0.29) is 12.2 Å². The van der Waals surface area contributed by atoms with Crippen LogP contribution in [-0.2, 0) is 16.0 Å². The number of carbonyl (C=O) groups excluding carboxylic acids is 2. The highest BCUT2D eigenvalue weighted by atomic mass is 19.1. The van der Waals surface area contributed by atoms with Crippen LogP contribution < -0.4 is 4.74 Å². The number of Topliss-reactive ketones (excluding diaryl/α,β-unsaturated/α-hetero) is 1. The van der Waals surface area contributed by atoms with Crippen LogP contribution in [0, 0.1) is 5.82 Å². The molecular weight excluding hydrogens is 251 g/mol. The topological polar surface area (TPSA) is 52.6 Å². The predicted molar refractivity (Wildman–Crippen MR) is 65.8 cm³/mol. The van der Waals surface area contributed by atoms with Crippen molar-refractivity contribution in [2.24, 2.45) is 0 Å². The van der Waals surface area contributed by atoms with Crippen LogP contribution in [0.5, 0.6) is 5.75 Å². The molecule has 0 amide bonds. The summed E-state index contributed by atoms with van der Waals surface area (Å²) in [7, 11) is 0. The highest BCUT2D eigenvalue weighted by Gasteiger charge is 2.25. The largest absolute Gasteiger partial charge is 0.493 e. The normalized spacial score (nSPS) is 14.0. The molecule has 1 aromatic rings. The Kier molecular flexibility index (Phi) is 4.14. The summed E-state index contributed by atoms with van der Waals surface area (Å²) in [6, 6.07) is 2.38. The molecule has 0 N–H and O–H groups in total. The molecule has 1 aliphatic heterocycles. The molecule has 5 heteroatoms. The third-order valence-electron chi connectivity index (χ3n) is 2.92. The number of fused-ring (bicyclic) bond motifs is 1. The highest BCUT2D eigenvalue weighted by Crippen LogP contribution is 2.30. The van der Waals surface area contributed by atoms with Crippen molar-refractivity contribution in [2.45, 2.75) is 26.2 Å². The molecule has 19 heavy (non-hydrogen) atoms. The molecule has 102 valence electrons. The second kappa shape index (κ2) is 5.82. The van der Waals surface area contributed by atoms with Crippen molar-refractivity contribution in [3.05, 3.63) is 29.1 Å². The van der Waals surface area contributed by atoms with Crippen molar-refractivity contribution < 1.29 is 23.5 Å². The van der Waals surface area contributed by atoms with E-state index in [1.165, 1.54) is 6.07 Å². The molecule has 1 aromatic carbocycles. The Morgan fingerprint density at radius 2 is 2.16 bits per heavy atom. The van der Waals surface area contributed by atoms with Crippen LogP contribution in [-0.4, -0.2) is 25.0 Å². The summed E-state index contributed by atoms with van der Waals surface area (Å²) in [6.07, 6.45) is 2.34. The van der Waals surface area contributed by atoms with Crippen LogP contribution in [0.3, 0.4) is 0 Å². The molecule has 0 spiro atoms. The number of ether oxygens (including phenoxy) is 2. The van der Waals surface area contributed by atoms with E-state index in [1.807, 2.05) is 0 Å². The van der Waals surface area contributed by atoms with E-state index in [1.54, 1.807) is 6.92 Å². The number of aryl methyl sites for hydroxylation is 1. The van der Waals surface area contributed by atoms with Gasteiger partial charge in [0.25, 0.3) is 5.78 Å². The summed E-state index contributed by atoms with van der Waals surface area (Å²) in [4.78, 5) is 23.4. The number of hydrogen-bond donors (Lipinski definition) is 0. The lowest BCUT2D eigenvalue weighted by atomic mass is 10.0. The fourth-order valence-corrected chi connectivity index (χ4v) is 2.07. The molecule has 0 aromatic heterocycles. The zero-order valence-electron chi connectivity index (χ0n) is 10.7. The van der Waals surface area contributed by atoms with Crippen molar-refractivity contribution in [2.75, 3.05) is 13.2 Å². The maximum atomic E-state index is 13.5. The predicted octanol–water partition coefficient (Wildman–Crippen LogP) is 2.29. The van der Waals surface area contributed by atoms with Crippen LogP contribution >= 0.6 is 0 Å². The van der Waals surface area contributed by atoms with Crippen LogP contribution in [0.25, 0.3) is 0 Å². The molecule has 0 saturated heterocycles. The second-order valence-corrected chi connectivity index (χ2v) is 4.30. The zero-order valence-corrected chi connectivity index (χ0v) is 10.7. The molecule has 4 nitrogen and oxygen atoms in total. The fourth-order valence-electron chi connectivity index (χ4n) is 2.07. The highest BCUT2D eigenvalue weighted by molar-refractivity contribution is 6.41. The number of halogens is 1. The number of esters is 1. The first-order valence-electron chi connectivity index (χ1n) is 6.30. The first kappa shape index (κ1) is 13.5. The van der Waals surface area contributed by atoms with Crippen LogP contribution in [0.1, 0.15) is 35.7 Å². The minimum atomic E-state index is -0.983. The van der Waals surface area contributed by atoms with Gasteiger partial charge in [-0.1, -0.05) is 0 Å². The van der Waals surface area contributed by atoms with E-state index in [9.17, 15) is 14.0 Å². The Morgan fingerprint density at radius 3 is 2.89 bits per heavy atom. The van der Waals surface area contributed by atoms with Gasteiger partial charge in [-0.3, -0.25) is 4.79 Å². The zero-order chi connectivity index (χ0) is 13.8.